The van der Waals surface area contributed by atoms with Gasteiger partial charge in [-0.15, -0.1) is 0 Å². The Morgan fingerprint density at radius 2 is 0.796 bits per heavy atom. The van der Waals surface area contributed by atoms with Gasteiger partial charge in [-0.05, 0) is 169 Å². The van der Waals surface area contributed by atoms with Gasteiger partial charge in [0.25, 0.3) is 0 Å². The quantitative estimate of drug-likeness (QED) is 0.166. The summed E-state index contributed by atoms with van der Waals surface area (Å²) in [6.07, 6.45) is 9.11. The van der Waals surface area contributed by atoms with Gasteiger partial charge in [0.15, 0.2) is 5.58 Å². The predicted octanol–water partition coefficient (Wildman–Crippen LogP) is 23.6. The first-order valence-corrected chi connectivity index (χ1v) is 34.2. The minimum atomic E-state index is 0.716. The molecule has 103 heavy (non-hydrogen) atoms. The molecular formula is C91H73N9O3. The number of rotatable bonds is 3. The molecule has 0 radical (unpaired) electrons. The molecule has 20 aromatic rings. The SMILES string of the molecule is Cc1ccc(-c2ccccc2)nc1.Cc1ccc2c(c1)c1ccccc1n2-c1ccccn1.Cc1ccc2oc3ccccc3c2c1.Cc1ccc2oc3cccnc3c2c1.Cc1ccc2oc3ncccc3c2c1.Cc1nc(-c2ccccc2)c2ccccc2n1.Cc1ncc2ccccc2n1. The molecule has 0 aliphatic carbocycles. The van der Waals surface area contributed by atoms with Gasteiger partial charge in [0.1, 0.15) is 45.3 Å². The summed E-state index contributed by atoms with van der Waals surface area (Å²) >= 11 is 0. The lowest BCUT2D eigenvalue weighted by atomic mass is 10.1. The summed E-state index contributed by atoms with van der Waals surface area (Å²) in [5.74, 6) is 2.59. The van der Waals surface area contributed by atoms with Crippen LogP contribution in [0.25, 0.3) is 138 Å². The Kier molecular flexibility index (Phi) is 20.0. The van der Waals surface area contributed by atoms with Crippen LogP contribution in [0.3, 0.4) is 0 Å². The van der Waals surface area contributed by atoms with Crippen molar-refractivity contribution in [3.63, 3.8) is 0 Å². The molecule has 0 bridgehead atoms. The lowest BCUT2D eigenvalue weighted by molar-refractivity contribution is 0.654. The average molecular weight is 1340 g/mol. The molecule has 0 atom stereocenters. The van der Waals surface area contributed by atoms with Crippen LogP contribution in [0.5, 0.6) is 0 Å². The maximum Gasteiger partial charge on any atom is 0.227 e. The van der Waals surface area contributed by atoms with Gasteiger partial charge in [0.2, 0.25) is 5.71 Å². The first kappa shape index (κ1) is 66.9. The van der Waals surface area contributed by atoms with Crippen molar-refractivity contribution in [2.24, 2.45) is 0 Å². The highest BCUT2D eigenvalue weighted by atomic mass is 16.3. The monoisotopic (exact) mass is 1340 g/mol. The minimum absolute atomic E-state index is 0.716. The number of aromatic nitrogens is 9. The van der Waals surface area contributed by atoms with E-state index in [4.69, 9.17) is 13.3 Å². The van der Waals surface area contributed by atoms with Gasteiger partial charge in [-0.1, -0.05) is 192 Å². The van der Waals surface area contributed by atoms with E-state index < -0.39 is 0 Å². The Hall–Kier alpha value is -13.3. The van der Waals surface area contributed by atoms with Crippen LogP contribution < -0.4 is 0 Å². The highest BCUT2D eigenvalue weighted by Crippen LogP contribution is 2.34. The summed E-state index contributed by atoms with van der Waals surface area (Å²) in [6, 6.07) is 96.2. The van der Waals surface area contributed by atoms with E-state index in [-0.39, 0.29) is 0 Å². The molecule has 0 saturated heterocycles. The van der Waals surface area contributed by atoms with E-state index in [0.29, 0.717) is 5.71 Å². The van der Waals surface area contributed by atoms with E-state index in [1.54, 1.807) is 12.4 Å². The number of furan rings is 3. The Bertz CT molecular complexity index is 6020. The van der Waals surface area contributed by atoms with Gasteiger partial charge in [-0.3, -0.25) is 14.5 Å². The van der Waals surface area contributed by atoms with Crippen molar-refractivity contribution in [2.75, 3.05) is 0 Å². The Morgan fingerprint density at radius 1 is 0.282 bits per heavy atom. The largest absolute Gasteiger partial charge is 0.456 e. The van der Waals surface area contributed by atoms with Crippen molar-refractivity contribution in [2.45, 2.75) is 48.5 Å². The van der Waals surface area contributed by atoms with Crippen molar-refractivity contribution in [1.82, 2.24) is 44.4 Å². The van der Waals surface area contributed by atoms with E-state index in [9.17, 15) is 0 Å². The number of pyridine rings is 4. The zero-order valence-electron chi connectivity index (χ0n) is 58.3. The van der Waals surface area contributed by atoms with Gasteiger partial charge in [0.05, 0.1) is 33.5 Å². The summed E-state index contributed by atoms with van der Waals surface area (Å²) in [5, 5.41) is 10.5. The fourth-order valence-corrected chi connectivity index (χ4v) is 12.4. The van der Waals surface area contributed by atoms with Crippen LogP contribution in [-0.2, 0) is 0 Å². The van der Waals surface area contributed by atoms with E-state index in [2.05, 4.69) is 181 Å². The fourth-order valence-electron chi connectivity index (χ4n) is 12.4. The van der Waals surface area contributed by atoms with Gasteiger partial charge in [-0.2, -0.15) is 0 Å². The third-order valence-corrected chi connectivity index (χ3v) is 17.4. The second-order valence-electron chi connectivity index (χ2n) is 25.1. The Morgan fingerprint density at radius 3 is 1.52 bits per heavy atom. The lowest BCUT2D eigenvalue weighted by Crippen LogP contribution is -1.95. The van der Waals surface area contributed by atoms with E-state index in [0.717, 1.165) is 106 Å². The molecule has 500 valence electrons. The standard InChI is InChI=1S/C18H14N2.C15H12N2.C13H10O.2C12H9NO.C12H11N.C9H8N2/c1-13-9-10-17-15(12-13)14-6-2-3-7-16(14)20(17)18-8-4-5-11-19-18;1-11-16-14-10-6-5-9-13(14)15(17-11)12-7-3-2-4-8-12;1-9-6-7-13-11(8-9)10-4-2-3-5-12(10)14-13;1-8-4-5-10-9(7-8)12-11(14-10)3-2-6-13-12;1-8-4-5-11-10(7-8)9-3-2-6-13-12(9)14-11;1-10-7-8-12(13-9-10)11-5-3-2-4-6-11;1-7-10-6-8-4-2-3-5-9(8)11-7/h2-12H,1H3;2-10H,1H3;2-8H,1H3;2*2-7H,1H3;2-9H,1H3;2-6H,1H3. The lowest BCUT2D eigenvalue weighted by Gasteiger charge is -2.06. The third-order valence-electron chi connectivity index (χ3n) is 17.4. The maximum absolute atomic E-state index is 5.71. The van der Waals surface area contributed by atoms with Crippen LogP contribution in [0, 0.1) is 48.5 Å². The second kappa shape index (κ2) is 30.8. The highest BCUT2D eigenvalue weighted by Gasteiger charge is 2.14. The van der Waals surface area contributed by atoms with Crippen molar-refractivity contribution < 1.29 is 13.3 Å². The number of nitrogens with zero attached hydrogens (tertiary/aromatic N) is 9. The van der Waals surface area contributed by atoms with Crippen molar-refractivity contribution in [3.8, 4) is 28.3 Å². The summed E-state index contributed by atoms with van der Waals surface area (Å²) < 4.78 is 19.2. The Labute approximate surface area is 596 Å². The molecule has 0 unspecified atom stereocenters. The van der Waals surface area contributed by atoms with E-state index in [1.807, 2.05) is 215 Å². The molecule has 0 amide bonds. The highest BCUT2D eigenvalue weighted by molar-refractivity contribution is 6.10. The molecular weight excluding hydrogens is 1270 g/mol. The van der Waals surface area contributed by atoms with Gasteiger partial charge >= 0.3 is 0 Å². The minimum Gasteiger partial charge on any atom is -0.456 e. The van der Waals surface area contributed by atoms with Crippen molar-refractivity contribution >= 4 is 110 Å². The molecule has 10 aromatic carbocycles. The van der Waals surface area contributed by atoms with Crippen LogP contribution in [0.15, 0.2) is 329 Å². The molecule has 0 spiro atoms. The smallest absolute Gasteiger partial charge is 0.227 e. The maximum atomic E-state index is 5.71. The number of para-hydroxylation sites is 4. The normalized spacial score (nSPS) is 10.9. The number of benzene rings is 10. The summed E-state index contributed by atoms with van der Waals surface area (Å²) in [5.41, 5.74) is 21.2. The molecule has 20 rings (SSSR count). The molecule has 10 heterocycles. The number of hydrogen-bond donors (Lipinski definition) is 0. The summed E-state index contributed by atoms with van der Waals surface area (Å²) in [7, 11) is 0. The first-order chi connectivity index (χ1) is 50.4. The predicted molar refractivity (Wildman–Crippen MR) is 423 cm³/mol. The number of aryl methyl sites for hydroxylation is 7. The number of fused-ring (bicyclic) bond motifs is 14. The molecule has 0 fully saturated rings. The zero-order chi connectivity index (χ0) is 70.6. The van der Waals surface area contributed by atoms with Gasteiger partial charge < -0.3 is 13.3 Å². The van der Waals surface area contributed by atoms with Crippen LogP contribution in [-0.4, -0.2) is 44.4 Å². The van der Waals surface area contributed by atoms with Crippen LogP contribution >= 0.6 is 0 Å². The second-order valence-corrected chi connectivity index (χ2v) is 25.1. The third kappa shape index (κ3) is 15.4. The van der Waals surface area contributed by atoms with Crippen LogP contribution in [0.1, 0.15) is 39.5 Å². The van der Waals surface area contributed by atoms with Gasteiger partial charge in [0, 0.05) is 90.6 Å². The molecule has 0 N–H and O–H groups in total. The van der Waals surface area contributed by atoms with E-state index >= 15 is 0 Å². The molecule has 10 aromatic heterocycles. The summed E-state index contributed by atoms with van der Waals surface area (Å²) in [6.45, 7) is 14.2. The Balaban J connectivity index is 0.000000102. The molecule has 0 aliphatic heterocycles. The molecule has 12 nitrogen and oxygen atoms in total. The van der Waals surface area contributed by atoms with E-state index in [1.165, 1.54) is 66.0 Å². The van der Waals surface area contributed by atoms with Crippen molar-refractivity contribution in [1.29, 1.82) is 0 Å². The average Bonchev–Trinajstić information content (AvgIpc) is 1.64. The van der Waals surface area contributed by atoms with Crippen LogP contribution in [0.4, 0.5) is 0 Å². The van der Waals surface area contributed by atoms with Crippen LogP contribution in [0.2, 0.25) is 0 Å². The molecule has 12 heteroatoms. The summed E-state index contributed by atoms with van der Waals surface area (Å²) in [4.78, 5) is 34.7. The fraction of sp³-hybridized carbons (Fsp3) is 0.0769. The number of hydrogen-bond acceptors (Lipinski definition) is 11. The van der Waals surface area contributed by atoms with Gasteiger partial charge in [-0.25, -0.2) is 29.9 Å². The first-order valence-electron chi connectivity index (χ1n) is 34.2. The zero-order valence-corrected chi connectivity index (χ0v) is 58.3. The molecule has 0 aliphatic rings. The molecule has 0 saturated carbocycles. The van der Waals surface area contributed by atoms with Crippen molar-refractivity contribution in [3.05, 3.63) is 356 Å². The topological polar surface area (TPSA) is 147 Å².